The Hall–Kier alpha value is -3.14. The maximum Gasteiger partial charge on any atom is 0.246 e. The first kappa shape index (κ1) is 17.3. The van der Waals surface area contributed by atoms with Crippen molar-refractivity contribution < 1.29 is 9.18 Å². The van der Waals surface area contributed by atoms with Crippen molar-refractivity contribution in [1.82, 2.24) is 4.90 Å². The predicted octanol–water partition coefficient (Wildman–Crippen LogP) is 4.34. The topological polar surface area (TPSA) is 23.6 Å². The SMILES string of the molecule is O=C(/C=C/c1cccc2ccccc12)N1CCN(c2ccccc2F)CC1. The molecule has 1 aliphatic rings. The molecule has 1 amide bonds. The van der Waals surface area contributed by atoms with Crippen LogP contribution in [0, 0.1) is 5.82 Å². The third-order valence-electron chi connectivity index (χ3n) is 5.01. The molecule has 0 aromatic heterocycles. The lowest BCUT2D eigenvalue weighted by Crippen LogP contribution is -2.48. The highest BCUT2D eigenvalue weighted by molar-refractivity contribution is 5.96. The third-order valence-corrected chi connectivity index (χ3v) is 5.01. The summed E-state index contributed by atoms with van der Waals surface area (Å²) < 4.78 is 13.9. The first-order valence-electron chi connectivity index (χ1n) is 9.16. The Balaban J connectivity index is 1.42. The molecule has 3 aromatic rings. The van der Waals surface area contributed by atoms with E-state index in [1.807, 2.05) is 46.2 Å². The van der Waals surface area contributed by atoms with Crippen LogP contribution >= 0.6 is 0 Å². The number of para-hydroxylation sites is 1. The second-order valence-corrected chi connectivity index (χ2v) is 6.67. The lowest BCUT2D eigenvalue weighted by Gasteiger charge is -2.35. The molecule has 4 heteroatoms. The van der Waals surface area contributed by atoms with Gasteiger partial charge < -0.3 is 9.80 Å². The number of carbonyl (C=O) groups is 1. The predicted molar refractivity (Wildman–Crippen MR) is 108 cm³/mol. The van der Waals surface area contributed by atoms with Crippen molar-refractivity contribution in [2.45, 2.75) is 0 Å². The number of rotatable bonds is 3. The van der Waals surface area contributed by atoms with Crippen molar-refractivity contribution in [2.24, 2.45) is 0 Å². The number of hydrogen-bond acceptors (Lipinski definition) is 2. The Morgan fingerprint density at radius 1 is 0.852 bits per heavy atom. The highest BCUT2D eigenvalue weighted by atomic mass is 19.1. The molecule has 3 nitrogen and oxygen atoms in total. The van der Waals surface area contributed by atoms with Crippen LogP contribution in [0.15, 0.2) is 72.8 Å². The summed E-state index contributed by atoms with van der Waals surface area (Å²) >= 11 is 0. The Morgan fingerprint density at radius 3 is 2.37 bits per heavy atom. The van der Waals surface area contributed by atoms with Crippen molar-refractivity contribution in [3.8, 4) is 0 Å². The first-order chi connectivity index (χ1) is 13.2. The van der Waals surface area contributed by atoms with E-state index in [-0.39, 0.29) is 11.7 Å². The molecule has 0 N–H and O–H groups in total. The minimum Gasteiger partial charge on any atom is -0.366 e. The van der Waals surface area contributed by atoms with Gasteiger partial charge >= 0.3 is 0 Å². The van der Waals surface area contributed by atoms with Crippen LogP contribution in [0.4, 0.5) is 10.1 Å². The van der Waals surface area contributed by atoms with Gasteiger partial charge in [0.15, 0.2) is 0 Å². The third kappa shape index (κ3) is 3.70. The molecule has 1 heterocycles. The van der Waals surface area contributed by atoms with Crippen molar-refractivity contribution in [1.29, 1.82) is 0 Å². The molecule has 0 unspecified atom stereocenters. The molecule has 136 valence electrons. The molecule has 3 aromatic carbocycles. The van der Waals surface area contributed by atoms with E-state index in [4.69, 9.17) is 0 Å². The van der Waals surface area contributed by atoms with Gasteiger partial charge in [-0.25, -0.2) is 4.39 Å². The maximum atomic E-state index is 13.9. The van der Waals surface area contributed by atoms with Crippen LogP contribution in [0.1, 0.15) is 5.56 Å². The summed E-state index contributed by atoms with van der Waals surface area (Å²) in [6.07, 6.45) is 3.52. The van der Waals surface area contributed by atoms with Crippen LogP contribution in [0.25, 0.3) is 16.8 Å². The fraction of sp³-hybridized carbons (Fsp3) is 0.174. The lowest BCUT2D eigenvalue weighted by molar-refractivity contribution is -0.126. The van der Waals surface area contributed by atoms with Gasteiger partial charge in [0.25, 0.3) is 0 Å². The van der Waals surface area contributed by atoms with Crippen LogP contribution in [-0.4, -0.2) is 37.0 Å². The largest absolute Gasteiger partial charge is 0.366 e. The van der Waals surface area contributed by atoms with Crippen LogP contribution in [0.5, 0.6) is 0 Å². The Labute approximate surface area is 158 Å². The van der Waals surface area contributed by atoms with Crippen LogP contribution in [-0.2, 0) is 4.79 Å². The zero-order valence-corrected chi connectivity index (χ0v) is 15.0. The minimum absolute atomic E-state index is 0.00359. The number of nitrogens with zero attached hydrogens (tertiary/aromatic N) is 2. The number of halogens is 1. The Kier molecular flexibility index (Phi) is 4.88. The number of anilines is 1. The van der Waals surface area contributed by atoms with E-state index in [1.54, 1.807) is 18.2 Å². The normalized spacial score (nSPS) is 14.9. The number of benzene rings is 3. The van der Waals surface area contributed by atoms with Crippen LogP contribution in [0.2, 0.25) is 0 Å². The summed E-state index contributed by atoms with van der Waals surface area (Å²) in [4.78, 5) is 16.4. The van der Waals surface area contributed by atoms with E-state index in [1.165, 1.54) is 6.07 Å². The Bertz CT molecular complexity index is 985. The number of piperazine rings is 1. The van der Waals surface area contributed by atoms with Gasteiger partial charge in [-0.1, -0.05) is 54.6 Å². The van der Waals surface area contributed by atoms with E-state index in [9.17, 15) is 9.18 Å². The summed E-state index contributed by atoms with van der Waals surface area (Å²) in [5.41, 5.74) is 1.64. The smallest absolute Gasteiger partial charge is 0.246 e. The summed E-state index contributed by atoms with van der Waals surface area (Å²) in [5, 5.41) is 2.29. The summed E-state index contributed by atoms with van der Waals surface area (Å²) in [6, 6.07) is 21.0. The molecule has 1 saturated heterocycles. The fourth-order valence-corrected chi connectivity index (χ4v) is 3.54. The minimum atomic E-state index is -0.215. The van der Waals surface area contributed by atoms with Crippen LogP contribution < -0.4 is 4.90 Å². The molecule has 0 atom stereocenters. The van der Waals surface area contributed by atoms with Gasteiger partial charge in [0.05, 0.1) is 5.69 Å². The fourth-order valence-electron chi connectivity index (χ4n) is 3.54. The number of hydrogen-bond donors (Lipinski definition) is 0. The van der Waals surface area contributed by atoms with E-state index in [0.717, 1.165) is 16.3 Å². The monoisotopic (exact) mass is 360 g/mol. The van der Waals surface area contributed by atoms with Gasteiger partial charge in [0, 0.05) is 32.3 Å². The van der Waals surface area contributed by atoms with E-state index in [0.29, 0.717) is 31.9 Å². The zero-order chi connectivity index (χ0) is 18.6. The van der Waals surface area contributed by atoms with Gasteiger partial charge in [0.2, 0.25) is 5.91 Å². The molecule has 1 aliphatic heterocycles. The van der Waals surface area contributed by atoms with Gasteiger partial charge in [0.1, 0.15) is 5.82 Å². The van der Waals surface area contributed by atoms with Crippen LogP contribution in [0.3, 0.4) is 0 Å². The second kappa shape index (κ2) is 7.62. The summed E-state index contributed by atoms with van der Waals surface area (Å²) in [6.45, 7) is 2.45. The molecule has 0 saturated carbocycles. The van der Waals surface area contributed by atoms with Gasteiger partial charge in [-0.05, 0) is 34.5 Å². The van der Waals surface area contributed by atoms with E-state index < -0.39 is 0 Å². The molecule has 0 bridgehead atoms. The maximum absolute atomic E-state index is 13.9. The molecule has 4 rings (SSSR count). The summed E-state index contributed by atoms with van der Waals surface area (Å²) in [5.74, 6) is -0.218. The molecule has 1 fully saturated rings. The average molecular weight is 360 g/mol. The number of fused-ring (bicyclic) bond motifs is 1. The van der Waals surface area contributed by atoms with Crippen molar-refractivity contribution in [2.75, 3.05) is 31.1 Å². The molecule has 27 heavy (non-hydrogen) atoms. The lowest BCUT2D eigenvalue weighted by atomic mass is 10.0. The van der Waals surface area contributed by atoms with E-state index >= 15 is 0 Å². The van der Waals surface area contributed by atoms with E-state index in [2.05, 4.69) is 18.2 Å². The standard InChI is InChI=1S/C23H21FN2O/c24-21-10-3-4-11-22(21)25-14-16-26(17-15-25)23(27)13-12-19-8-5-7-18-6-1-2-9-20(18)19/h1-13H,14-17H2/b13-12+. The number of amides is 1. The molecule has 0 spiro atoms. The average Bonchev–Trinajstić information content (AvgIpc) is 2.72. The van der Waals surface area contributed by atoms with Crippen molar-refractivity contribution >= 4 is 28.4 Å². The van der Waals surface area contributed by atoms with Crippen molar-refractivity contribution in [3.05, 3.63) is 84.2 Å². The quantitative estimate of drug-likeness (QED) is 0.649. The highest BCUT2D eigenvalue weighted by Gasteiger charge is 2.21. The molecule has 0 radical (unpaired) electrons. The molecular weight excluding hydrogens is 339 g/mol. The van der Waals surface area contributed by atoms with Gasteiger partial charge in [-0.15, -0.1) is 0 Å². The highest BCUT2D eigenvalue weighted by Crippen LogP contribution is 2.21. The van der Waals surface area contributed by atoms with Crippen molar-refractivity contribution in [3.63, 3.8) is 0 Å². The Morgan fingerprint density at radius 2 is 1.56 bits per heavy atom. The molecule has 0 aliphatic carbocycles. The first-order valence-corrected chi connectivity index (χ1v) is 9.16. The second-order valence-electron chi connectivity index (χ2n) is 6.67. The molecular formula is C23H21FN2O. The summed E-state index contributed by atoms with van der Waals surface area (Å²) in [7, 11) is 0. The van der Waals surface area contributed by atoms with Gasteiger partial charge in [-0.3, -0.25) is 4.79 Å². The zero-order valence-electron chi connectivity index (χ0n) is 15.0. The van der Waals surface area contributed by atoms with Gasteiger partial charge in [-0.2, -0.15) is 0 Å². The number of carbonyl (C=O) groups excluding carboxylic acids is 1.